The predicted molar refractivity (Wildman–Crippen MR) is 63.6 cm³/mol. The van der Waals surface area contributed by atoms with Crippen molar-refractivity contribution in [3.05, 3.63) is 46.2 Å². The van der Waals surface area contributed by atoms with E-state index in [1.165, 1.54) is 11.5 Å². The molecule has 2 aromatic rings. The molecule has 2 rings (SSSR count). The van der Waals surface area contributed by atoms with Gasteiger partial charge in [0.15, 0.2) is 0 Å². The molecule has 0 aliphatic rings. The second kappa shape index (κ2) is 3.93. The van der Waals surface area contributed by atoms with Gasteiger partial charge >= 0.3 is 0 Å². The number of ketones is 1. The van der Waals surface area contributed by atoms with Crippen LogP contribution in [0.15, 0.2) is 35.1 Å². The maximum absolute atomic E-state index is 11.8. The summed E-state index contributed by atoms with van der Waals surface area (Å²) < 4.78 is 1.52. The van der Waals surface area contributed by atoms with Crippen molar-refractivity contribution in [2.24, 2.45) is 0 Å². The van der Waals surface area contributed by atoms with Crippen LogP contribution in [0.3, 0.4) is 0 Å². The highest BCUT2D eigenvalue weighted by Gasteiger charge is 2.06. The number of carbonyl (C=O) groups is 1. The predicted octanol–water partition coefficient (Wildman–Crippen LogP) is 1.90. The highest BCUT2D eigenvalue weighted by molar-refractivity contribution is 5.84. The molecular formula is C13H13NO2. The minimum atomic E-state index is -0.119. The van der Waals surface area contributed by atoms with Gasteiger partial charge < -0.3 is 4.57 Å². The number of hydrogen-bond donors (Lipinski definition) is 0. The maximum atomic E-state index is 11.8. The van der Waals surface area contributed by atoms with Crippen LogP contribution in [0.25, 0.3) is 10.9 Å². The Balaban J connectivity index is 2.81. The third kappa shape index (κ3) is 1.76. The number of para-hydroxylation sites is 1. The zero-order valence-corrected chi connectivity index (χ0v) is 9.36. The van der Waals surface area contributed by atoms with E-state index in [0.29, 0.717) is 0 Å². The van der Waals surface area contributed by atoms with Crippen molar-refractivity contribution >= 4 is 16.7 Å². The van der Waals surface area contributed by atoms with Crippen molar-refractivity contribution in [1.82, 2.24) is 4.57 Å². The van der Waals surface area contributed by atoms with E-state index >= 15 is 0 Å². The van der Waals surface area contributed by atoms with Gasteiger partial charge in [-0.2, -0.15) is 0 Å². The quantitative estimate of drug-likeness (QED) is 0.767. The van der Waals surface area contributed by atoms with E-state index in [1.807, 2.05) is 31.2 Å². The lowest BCUT2D eigenvalue weighted by atomic mass is 10.1. The first-order chi connectivity index (χ1) is 7.59. The fraction of sp³-hybridized carbons (Fsp3) is 0.231. The maximum Gasteiger partial charge on any atom is 0.251 e. The van der Waals surface area contributed by atoms with E-state index in [9.17, 15) is 9.59 Å². The molecular weight excluding hydrogens is 202 g/mol. The number of carbonyl (C=O) groups excluding carboxylic acids is 1. The van der Waals surface area contributed by atoms with Gasteiger partial charge in [0, 0.05) is 11.5 Å². The number of Topliss-reactive ketones (excluding diaryl/α,β-unsaturated/α-hetero) is 1. The van der Waals surface area contributed by atoms with Gasteiger partial charge in [-0.25, -0.2) is 0 Å². The highest BCUT2D eigenvalue weighted by Crippen LogP contribution is 2.15. The Bertz CT molecular complexity index is 611. The molecule has 0 aliphatic heterocycles. The van der Waals surface area contributed by atoms with E-state index in [1.54, 1.807) is 6.07 Å². The number of benzene rings is 1. The van der Waals surface area contributed by atoms with Gasteiger partial charge in [-0.05, 0) is 25.5 Å². The zero-order valence-electron chi connectivity index (χ0n) is 9.36. The standard InChI is InChI=1S/C13H13NO2/c1-9-7-13(16)14(8-10(2)15)12-6-4-3-5-11(9)12/h3-7H,8H2,1-2H3. The molecule has 16 heavy (non-hydrogen) atoms. The smallest absolute Gasteiger partial charge is 0.251 e. The normalized spacial score (nSPS) is 10.6. The van der Waals surface area contributed by atoms with Crippen LogP contribution in [0, 0.1) is 6.92 Å². The summed E-state index contributed by atoms with van der Waals surface area (Å²) in [5, 5.41) is 1.02. The van der Waals surface area contributed by atoms with Crippen molar-refractivity contribution in [2.75, 3.05) is 0 Å². The molecule has 0 bridgehead atoms. The highest BCUT2D eigenvalue weighted by atomic mass is 16.1. The largest absolute Gasteiger partial charge is 0.301 e. The lowest BCUT2D eigenvalue weighted by Gasteiger charge is -2.09. The van der Waals surface area contributed by atoms with Crippen LogP contribution in [0.2, 0.25) is 0 Å². The Labute approximate surface area is 93.3 Å². The molecule has 1 aromatic heterocycles. The van der Waals surface area contributed by atoms with Crippen molar-refractivity contribution in [3.8, 4) is 0 Å². The molecule has 3 nitrogen and oxygen atoms in total. The summed E-state index contributed by atoms with van der Waals surface area (Å²) in [6.07, 6.45) is 0. The summed E-state index contributed by atoms with van der Waals surface area (Å²) >= 11 is 0. The molecule has 0 saturated carbocycles. The Hall–Kier alpha value is -1.90. The van der Waals surface area contributed by atoms with E-state index < -0.39 is 0 Å². The van der Waals surface area contributed by atoms with E-state index in [4.69, 9.17) is 0 Å². The second-order valence-corrected chi connectivity index (χ2v) is 3.97. The molecule has 0 aliphatic carbocycles. The molecule has 0 atom stereocenters. The monoisotopic (exact) mass is 215 g/mol. The first-order valence-electron chi connectivity index (χ1n) is 5.18. The average Bonchev–Trinajstić information content (AvgIpc) is 2.24. The van der Waals surface area contributed by atoms with Crippen molar-refractivity contribution in [1.29, 1.82) is 0 Å². The van der Waals surface area contributed by atoms with Crippen LogP contribution < -0.4 is 5.56 Å². The van der Waals surface area contributed by atoms with Gasteiger partial charge in [-0.1, -0.05) is 18.2 Å². The van der Waals surface area contributed by atoms with Gasteiger partial charge in [-0.3, -0.25) is 9.59 Å². The van der Waals surface area contributed by atoms with Crippen LogP contribution in [0.1, 0.15) is 12.5 Å². The molecule has 0 saturated heterocycles. The summed E-state index contributed by atoms with van der Waals surface area (Å²) in [4.78, 5) is 22.9. The summed E-state index contributed by atoms with van der Waals surface area (Å²) in [6, 6.07) is 9.20. The number of fused-ring (bicyclic) bond motifs is 1. The molecule has 0 fully saturated rings. The first-order valence-corrected chi connectivity index (χ1v) is 5.18. The minimum Gasteiger partial charge on any atom is -0.301 e. The van der Waals surface area contributed by atoms with E-state index in [-0.39, 0.29) is 17.9 Å². The Morgan fingerprint density at radius 2 is 2.00 bits per heavy atom. The van der Waals surface area contributed by atoms with E-state index in [0.717, 1.165) is 16.5 Å². The van der Waals surface area contributed by atoms with Crippen molar-refractivity contribution in [2.45, 2.75) is 20.4 Å². The van der Waals surface area contributed by atoms with Gasteiger partial charge in [0.1, 0.15) is 5.78 Å². The molecule has 82 valence electrons. The lowest BCUT2D eigenvalue weighted by molar-refractivity contribution is -0.117. The van der Waals surface area contributed by atoms with Crippen LogP contribution in [0.4, 0.5) is 0 Å². The SMILES string of the molecule is CC(=O)Cn1c(=O)cc(C)c2ccccc21. The third-order valence-electron chi connectivity index (χ3n) is 2.61. The molecule has 0 N–H and O–H groups in total. The zero-order chi connectivity index (χ0) is 11.7. The van der Waals surface area contributed by atoms with Crippen LogP contribution in [-0.2, 0) is 11.3 Å². The van der Waals surface area contributed by atoms with Crippen molar-refractivity contribution < 1.29 is 4.79 Å². The minimum absolute atomic E-state index is 0.0175. The van der Waals surface area contributed by atoms with Crippen LogP contribution in [0.5, 0.6) is 0 Å². The van der Waals surface area contributed by atoms with Gasteiger partial charge in [0.05, 0.1) is 12.1 Å². The second-order valence-electron chi connectivity index (χ2n) is 3.97. The molecule has 0 spiro atoms. The number of aromatic nitrogens is 1. The Morgan fingerprint density at radius 1 is 1.31 bits per heavy atom. The number of pyridine rings is 1. The van der Waals surface area contributed by atoms with Gasteiger partial charge in [0.2, 0.25) is 0 Å². The number of hydrogen-bond acceptors (Lipinski definition) is 2. The molecule has 0 amide bonds. The van der Waals surface area contributed by atoms with Gasteiger partial charge in [-0.15, -0.1) is 0 Å². The molecule has 0 radical (unpaired) electrons. The summed E-state index contributed by atoms with van der Waals surface area (Å²) in [5.74, 6) is -0.0175. The molecule has 1 heterocycles. The van der Waals surface area contributed by atoms with E-state index in [2.05, 4.69) is 0 Å². The van der Waals surface area contributed by atoms with Gasteiger partial charge in [0.25, 0.3) is 5.56 Å². The summed E-state index contributed by atoms with van der Waals surface area (Å²) in [5.41, 5.74) is 1.65. The van der Waals surface area contributed by atoms with Crippen molar-refractivity contribution in [3.63, 3.8) is 0 Å². The number of aryl methyl sites for hydroxylation is 1. The fourth-order valence-corrected chi connectivity index (χ4v) is 1.89. The fourth-order valence-electron chi connectivity index (χ4n) is 1.89. The third-order valence-corrected chi connectivity index (χ3v) is 2.61. The Morgan fingerprint density at radius 3 is 2.69 bits per heavy atom. The average molecular weight is 215 g/mol. The first kappa shape index (κ1) is 10.6. The lowest BCUT2D eigenvalue weighted by Crippen LogP contribution is -2.23. The van der Waals surface area contributed by atoms with Crippen LogP contribution in [-0.4, -0.2) is 10.4 Å². The number of nitrogens with zero attached hydrogens (tertiary/aromatic N) is 1. The molecule has 0 unspecified atom stereocenters. The number of rotatable bonds is 2. The topological polar surface area (TPSA) is 39.1 Å². The van der Waals surface area contributed by atoms with Crippen LogP contribution >= 0.6 is 0 Å². The Kier molecular flexibility index (Phi) is 2.60. The summed E-state index contributed by atoms with van der Waals surface area (Å²) in [6.45, 7) is 3.53. The summed E-state index contributed by atoms with van der Waals surface area (Å²) in [7, 11) is 0. The molecule has 1 aromatic carbocycles. The molecule has 3 heteroatoms.